The molecular weight excluding hydrogens is 232 g/mol. The van der Waals surface area contributed by atoms with Gasteiger partial charge in [0, 0.05) is 29.3 Å². The van der Waals surface area contributed by atoms with Crippen molar-refractivity contribution in [1.29, 1.82) is 0 Å². The van der Waals surface area contributed by atoms with Gasteiger partial charge in [-0.25, -0.2) is 0 Å². The largest absolute Gasteiger partial charge is 0.353 e. The van der Waals surface area contributed by atoms with Gasteiger partial charge in [-0.2, -0.15) is 0 Å². The van der Waals surface area contributed by atoms with Gasteiger partial charge in [-0.05, 0) is 38.6 Å². The molecule has 0 aliphatic carbocycles. The number of hydrogen-bond acceptors (Lipinski definition) is 3. The number of rotatable bonds is 6. The third-order valence-electron chi connectivity index (χ3n) is 2.49. The molecule has 0 fully saturated rings. The molecular formula is C13H22N2OS. The minimum absolute atomic E-state index is 0.0904. The Bertz CT molecular complexity index is 341. The van der Waals surface area contributed by atoms with E-state index in [0.717, 1.165) is 6.42 Å². The second kappa shape index (κ2) is 6.17. The molecule has 4 heteroatoms. The molecule has 0 aromatic carbocycles. The maximum Gasteiger partial charge on any atom is 0.220 e. The summed E-state index contributed by atoms with van der Waals surface area (Å²) in [5.74, 6) is 0.0904. The van der Waals surface area contributed by atoms with Crippen LogP contribution in [0.2, 0.25) is 0 Å². The second-order valence-electron chi connectivity index (χ2n) is 5.24. The molecule has 1 aromatic rings. The third kappa shape index (κ3) is 6.44. The predicted molar refractivity (Wildman–Crippen MR) is 73.1 cm³/mol. The highest BCUT2D eigenvalue weighted by atomic mass is 32.1. The van der Waals surface area contributed by atoms with Gasteiger partial charge in [0.25, 0.3) is 0 Å². The van der Waals surface area contributed by atoms with Crippen molar-refractivity contribution in [2.75, 3.05) is 0 Å². The van der Waals surface area contributed by atoms with Crippen molar-refractivity contribution >= 4 is 17.2 Å². The van der Waals surface area contributed by atoms with Crippen molar-refractivity contribution in [2.45, 2.75) is 51.6 Å². The Balaban J connectivity index is 2.26. The van der Waals surface area contributed by atoms with E-state index in [9.17, 15) is 4.79 Å². The first-order valence-electron chi connectivity index (χ1n) is 5.97. The number of nitrogens with two attached hydrogens (primary N) is 1. The monoisotopic (exact) mass is 254 g/mol. The Morgan fingerprint density at radius 1 is 1.59 bits per heavy atom. The average Bonchev–Trinajstić information content (AvgIpc) is 2.66. The lowest BCUT2D eigenvalue weighted by molar-refractivity contribution is -0.122. The number of thiophene rings is 1. The highest BCUT2D eigenvalue weighted by Gasteiger charge is 2.14. The Morgan fingerprint density at radius 3 is 2.82 bits per heavy atom. The van der Waals surface area contributed by atoms with Crippen LogP contribution in [0.5, 0.6) is 0 Å². The minimum atomic E-state index is -0.270. The summed E-state index contributed by atoms with van der Waals surface area (Å²) >= 11 is 1.72. The molecule has 1 unspecified atom stereocenters. The number of carbonyl (C=O) groups excluding carboxylic acids is 1. The quantitative estimate of drug-likeness (QED) is 0.818. The van der Waals surface area contributed by atoms with Crippen molar-refractivity contribution < 1.29 is 4.79 Å². The second-order valence-corrected chi connectivity index (χ2v) is 6.27. The molecule has 0 spiro atoms. The SMILES string of the molecule is CC(Cc1cccs1)NC(=O)CCC(C)(C)N. The van der Waals surface area contributed by atoms with E-state index in [4.69, 9.17) is 5.73 Å². The van der Waals surface area contributed by atoms with Gasteiger partial charge in [0.15, 0.2) is 0 Å². The van der Waals surface area contributed by atoms with Crippen LogP contribution in [0.4, 0.5) is 0 Å². The summed E-state index contributed by atoms with van der Waals surface area (Å²) < 4.78 is 0. The topological polar surface area (TPSA) is 55.1 Å². The zero-order chi connectivity index (χ0) is 12.9. The van der Waals surface area contributed by atoms with Crippen LogP contribution in [0.1, 0.15) is 38.5 Å². The lowest BCUT2D eigenvalue weighted by Gasteiger charge is -2.19. The standard InChI is InChI=1S/C13H22N2OS/c1-10(9-11-5-4-8-17-11)15-12(16)6-7-13(2,3)14/h4-5,8,10H,6-7,9,14H2,1-3H3,(H,15,16). The molecule has 3 nitrogen and oxygen atoms in total. The van der Waals surface area contributed by atoms with E-state index >= 15 is 0 Å². The lowest BCUT2D eigenvalue weighted by Crippen LogP contribution is -2.37. The van der Waals surface area contributed by atoms with Crippen molar-refractivity contribution in [3.8, 4) is 0 Å². The molecule has 0 radical (unpaired) electrons. The normalized spacial score (nSPS) is 13.4. The maximum absolute atomic E-state index is 11.7. The van der Waals surface area contributed by atoms with Gasteiger partial charge in [-0.3, -0.25) is 4.79 Å². The highest BCUT2D eigenvalue weighted by molar-refractivity contribution is 7.09. The van der Waals surface area contributed by atoms with Gasteiger partial charge in [-0.1, -0.05) is 6.07 Å². The lowest BCUT2D eigenvalue weighted by atomic mass is 10.00. The van der Waals surface area contributed by atoms with Crippen molar-refractivity contribution in [3.63, 3.8) is 0 Å². The summed E-state index contributed by atoms with van der Waals surface area (Å²) in [6, 6.07) is 4.31. The van der Waals surface area contributed by atoms with Crippen LogP contribution in [0.25, 0.3) is 0 Å². The summed E-state index contributed by atoms with van der Waals surface area (Å²) in [5, 5.41) is 5.06. The van der Waals surface area contributed by atoms with Crippen molar-refractivity contribution in [1.82, 2.24) is 5.32 Å². The van der Waals surface area contributed by atoms with Crippen molar-refractivity contribution in [3.05, 3.63) is 22.4 Å². The molecule has 3 N–H and O–H groups in total. The van der Waals surface area contributed by atoms with E-state index in [-0.39, 0.29) is 17.5 Å². The molecule has 1 heterocycles. The summed E-state index contributed by atoms with van der Waals surface area (Å²) in [5.41, 5.74) is 5.58. The first-order chi connectivity index (χ1) is 7.87. The van der Waals surface area contributed by atoms with E-state index in [1.165, 1.54) is 4.88 Å². The molecule has 17 heavy (non-hydrogen) atoms. The van der Waals surface area contributed by atoms with E-state index < -0.39 is 0 Å². The molecule has 1 atom stereocenters. The van der Waals surface area contributed by atoms with Gasteiger partial charge >= 0.3 is 0 Å². The number of carbonyl (C=O) groups is 1. The van der Waals surface area contributed by atoms with Crippen LogP contribution in [-0.4, -0.2) is 17.5 Å². The smallest absolute Gasteiger partial charge is 0.220 e. The first-order valence-corrected chi connectivity index (χ1v) is 6.85. The summed E-state index contributed by atoms with van der Waals surface area (Å²) in [7, 11) is 0. The van der Waals surface area contributed by atoms with E-state index in [1.54, 1.807) is 11.3 Å². The molecule has 0 saturated carbocycles. The van der Waals surface area contributed by atoms with Gasteiger partial charge < -0.3 is 11.1 Å². The first kappa shape index (κ1) is 14.2. The van der Waals surface area contributed by atoms with Crippen molar-refractivity contribution in [2.24, 2.45) is 5.73 Å². The average molecular weight is 254 g/mol. The molecule has 96 valence electrons. The highest BCUT2D eigenvalue weighted by Crippen LogP contribution is 2.11. The van der Waals surface area contributed by atoms with E-state index in [0.29, 0.717) is 12.8 Å². The molecule has 0 aliphatic rings. The fourth-order valence-corrected chi connectivity index (χ4v) is 2.40. The van der Waals surface area contributed by atoms with E-state index in [2.05, 4.69) is 16.8 Å². The Labute approximate surface area is 107 Å². The maximum atomic E-state index is 11.7. The minimum Gasteiger partial charge on any atom is -0.353 e. The summed E-state index contributed by atoms with van der Waals surface area (Å²) in [6.45, 7) is 5.91. The molecule has 1 aromatic heterocycles. The Morgan fingerprint density at radius 2 is 2.29 bits per heavy atom. The molecule has 1 amide bonds. The Kier molecular flexibility index (Phi) is 5.15. The van der Waals surface area contributed by atoms with Crippen LogP contribution in [0, 0.1) is 0 Å². The fraction of sp³-hybridized carbons (Fsp3) is 0.615. The van der Waals surface area contributed by atoms with Gasteiger partial charge in [-0.15, -0.1) is 11.3 Å². The summed E-state index contributed by atoms with van der Waals surface area (Å²) in [6.07, 6.45) is 2.11. The van der Waals surface area contributed by atoms with E-state index in [1.807, 2.05) is 26.8 Å². The van der Waals surface area contributed by atoms with Crippen LogP contribution in [0.3, 0.4) is 0 Å². The van der Waals surface area contributed by atoms with Gasteiger partial charge in [0.2, 0.25) is 5.91 Å². The van der Waals surface area contributed by atoms with Crippen LogP contribution in [-0.2, 0) is 11.2 Å². The number of hydrogen-bond donors (Lipinski definition) is 2. The fourth-order valence-electron chi connectivity index (χ4n) is 1.56. The Hall–Kier alpha value is -0.870. The third-order valence-corrected chi connectivity index (χ3v) is 3.39. The van der Waals surface area contributed by atoms with Gasteiger partial charge in [0.1, 0.15) is 0 Å². The zero-order valence-corrected chi connectivity index (χ0v) is 11.6. The zero-order valence-electron chi connectivity index (χ0n) is 10.8. The van der Waals surface area contributed by atoms with Gasteiger partial charge in [0.05, 0.1) is 0 Å². The molecule has 0 aliphatic heterocycles. The van der Waals surface area contributed by atoms with Crippen LogP contribution in [0.15, 0.2) is 17.5 Å². The summed E-state index contributed by atoms with van der Waals surface area (Å²) in [4.78, 5) is 13.0. The predicted octanol–water partition coefficient (Wildman–Crippen LogP) is 2.31. The molecule has 1 rings (SSSR count). The number of nitrogens with one attached hydrogen (secondary N) is 1. The molecule has 0 bridgehead atoms. The molecule has 0 saturated heterocycles. The van der Waals surface area contributed by atoms with Crippen LogP contribution < -0.4 is 11.1 Å². The van der Waals surface area contributed by atoms with Crippen LogP contribution >= 0.6 is 11.3 Å². The number of amides is 1.